The van der Waals surface area contributed by atoms with Crippen LogP contribution >= 0.6 is 0 Å². The van der Waals surface area contributed by atoms with Gasteiger partial charge in [-0.1, -0.05) is 12.1 Å². The van der Waals surface area contributed by atoms with E-state index in [0.29, 0.717) is 31.3 Å². The van der Waals surface area contributed by atoms with Crippen LogP contribution in [-0.4, -0.2) is 65.8 Å². The summed E-state index contributed by atoms with van der Waals surface area (Å²) in [5, 5.41) is 25.7. The Hall–Kier alpha value is -2.77. The molecule has 0 bridgehead atoms. The van der Waals surface area contributed by atoms with Gasteiger partial charge in [0, 0.05) is 57.1 Å². The molecule has 2 heterocycles. The van der Waals surface area contributed by atoms with E-state index < -0.39 is 0 Å². The Kier molecular flexibility index (Phi) is 6.11. The molecule has 0 aromatic heterocycles. The third-order valence-electron chi connectivity index (χ3n) is 6.07. The third-order valence-corrected chi connectivity index (χ3v) is 6.07. The number of anilines is 1. The molecule has 0 spiro atoms. The molecule has 30 heavy (non-hydrogen) atoms. The minimum atomic E-state index is -0.233. The first-order chi connectivity index (χ1) is 14.5. The molecule has 0 aliphatic carbocycles. The number of nitrogens with one attached hydrogen (secondary N) is 2. The molecule has 160 valence electrons. The third kappa shape index (κ3) is 4.68. The smallest absolute Gasteiger partial charge is 0.237 e. The van der Waals surface area contributed by atoms with Crippen molar-refractivity contribution in [3.63, 3.8) is 0 Å². The number of nitrogens with zero attached hydrogens (tertiary/aromatic N) is 2. The summed E-state index contributed by atoms with van der Waals surface area (Å²) >= 11 is 0. The van der Waals surface area contributed by atoms with Crippen LogP contribution in [0.25, 0.3) is 0 Å². The molecule has 4 rings (SSSR count). The molecule has 0 radical (unpaired) electrons. The second-order valence-corrected chi connectivity index (χ2v) is 8.24. The fourth-order valence-electron chi connectivity index (χ4n) is 4.44. The van der Waals surface area contributed by atoms with Crippen LogP contribution in [0.4, 0.5) is 5.69 Å². The molecule has 2 aromatic carbocycles. The summed E-state index contributed by atoms with van der Waals surface area (Å²) in [6, 6.07) is 12.8. The molecule has 2 aliphatic rings. The van der Waals surface area contributed by atoms with Crippen LogP contribution in [0.5, 0.6) is 11.5 Å². The topological polar surface area (TPSA) is 88.1 Å². The number of hydrogen-bond donors (Lipinski definition) is 4. The Morgan fingerprint density at radius 1 is 1.13 bits per heavy atom. The number of carbonyl (C=O) groups excluding carboxylic acids is 1. The zero-order valence-corrected chi connectivity index (χ0v) is 17.3. The van der Waals surface area contributed by atoms with Gasteiger partial charge in [0.2, 0.25) is 5.91 Å². The quantitative estimate of drug-likeness (QED) is 0.597. The molecule has 1 amide bonds. The average molecular weight is 411 g/mol. The zero-order valence-electron chi connectivity index (χ0n) is 17.3. The molecule has 7 heteroatoms. The molecule has 1 fully saturated rings. The Balaban J connectivity index is 1.22. The maximum atomic E-state index is 12.6. The molecular formula is C23H30N4O3. The first-order valence-corrected chi connectivity index (χ1v) is 10.6. The standard InChI is InChI=1S/C23H30N4O3/c1-16-15-26(9-10-27(16)19-3-2-4-20(28)13-19)8-7-24-23(30)22-12-17-5-6-21(29)11-18(17)14-25-22/h2-6,11,13,16,22,25,28-29H,7-10,12,14-15H2,1H3,(H,24,30)/t16-,22+/m0/s1. The van der Waals surface area contributed by atoms with Crippen molar-refractivity contribution in [3.05, 3.63) is 53.6 Å². The number of phenols is 2. The van der Waals surface area contributed by atoms with E-state index >= 15 is 0 Å². The summed E-state index contributed by atoms with van der Waals surface area (Å²) in [7, 11) is 0. The van der Waals surface area contributed by atoms with E-state index in [1.54, 1.807) is 18.2 Å². The van der Waals surface area contributed by atoms with Gasteiger partial charge < -0.3 is 25.7 Å². The average Bonchev–Trinajstić information content (AvgIpc) is 2.73. The van der Waals surface area contributed by atoms with Gasteiger partial charge in [-0.2, -0.15) is 0 Å². The number of fused-ring (bicyclic) bond motifs is 1. The van der Waals surface area contributed by atoms with Crippen LogP contribution < -0.4 is 15.5 Å². The Labute approximate surface area is 177 Å². The highest BCUT2D eigenvalue weighted by Gasteiger charge is 2.26. The van der Waals surface area contributed by atoms with Gasteiger partial charge in [0.15, 0.2) is 0 Å². The second-order valence-electron chi connectivity index (χ2n) is 8.24. The van der Waals surface area contributed by atoms with Crippen molar-refractivity contribution in [1.29, 1.82) is 0 Å². The normalized spacial score (nSPS) is 21.8. The molecule has 0 saturated carbocycles. The number of aromatic hydroxyl groups is 2. The summed E-state index contributed by atoms with van der Waals surface area (Å²) in [6.45, 7) is 6.97. The molecule has 0 unspecified atom stereocenters. The van der Waals surface area contributed by atoms with E-state index in [1.165, 1.54) is 0 Å². The van der Waals surface area contributed by atoms with Crippen LogP contribution in [0, 0.1) is 0 Å². The molecule has 2 aromatic rings. The number of carbonyl (C=O) groups is 1. The minimum absolute atomic E-state index is 0.0279. The molecule has 2 atom stereocenters. The van der Waals surface area contributed by atoms with Gasteiger partial charge in [-0.25, -0.2) is 0 Å². The maximum Gasteiger partial charge on any atom is 0.237 e. The van der Waals surface area contributed by atoms with Crippen molar-refractivity contribution < 1.29 is 15.0 Å². The van der Waals surface area contributed by atoms with Gasteiger partial charge in [-0.05, 0) is 48.7 Å². The lowest BCUT2D eigenvalue weighted by molar-refractivity contribution is -0.123. The summed E-state index contributed by atoms with van der Waals surface area (Å²) in [6.07, 6.45) is 0.640. The first kappa shape index (κ1) is 20.5. The van der Waals surface area contributed by atoms with Gasteiger partial charge in [0.05, 0.1) is 6.04 Å². The Bertz CT molecular complexity index is 904. The van der Waals surface area contributed by atoms with Crippen molar-refractivity contribution in [3.8, 4) is 11.5 Å². The van der Waals surface area contributed by atoms with Crippen molar-refractivity contribution in [1.82, 2.24) is 15.5 Å². The highest BCUT2D eigenvalue weighted by molar-refractivity contribution is 5.82. The van der Waals surface area contributed by atoms with Crippen molar-refractivity contribution in [2.45, 2.75) is 32.0 Å². The Morgan fingerprint density at radius 2 is 1.97 bits per heavy atom. The number of benzene rings is 2. The largest absolute Gasteiger partial charge is 0.508 e. The molecule has 7 nitrogen and oxygen atoms in total. The minimum Gasteiger partial charge on any atom is -0.508 e. The van der Waals surface area contributed by atoms with E-state index in [-0.39, 0.29) is 17.7 Å². The maximum absolute atomic E-state index is 12.6. The molecule has 2 aliphatic heterocycles. The second kappa shape index (κ2) is 8.93. The van der Waals surface area contributed by atoms with Crippen LogP contribution in [0.2, 0.25) is 0 Å². The lowest BCUT2D eigenvalue weighted by atomic mass is 9.95. The monoisotopic (exact) mass is 410 g/mol. The molecular weight excluding hydrogens is 380 g/mol. The van der Waals surface area contributed by atoms with Crippen LogP contribution in [0.3, 0.4) is 0 Å². The predicted molar refractivity (Wildman–Crippen MR) is 117 cm³/mol. The fraction of sp³-hybridized carbons (Fsp3) is 0.435. The van der Waals surface area contributed by atoms with E-state index in [4.69, 9.17) is 0 Å². The number of rotatable bonds is 5. The van der Waals surface area contributed by atoms with E-state index in [9.17, 15) is 15.0 Å². The summed E-state index contributed by atoms with van der Waals surface area (Å²) in [4.78, 5) is 17.3. The van der Waals surface area contributed by atoms with Gasteiger partial charge in [0.1, 0.15) is 11.5 Å². The van der Waals surface area contributed by atoms with Gasteiger partial charge >= 0.3 is 0 Å². The number of piperazine rings is 1. The summed E-state index contributed by atoms with van der Waals surface area (Å²) in [5.41, 5.74) is 3.22. The number of hydrogen-bond acceptors (Lipinski definition) is 6. The van der Waals surface area contributed by atoms with Gasteiger partial charge in [-0.3, -0.25) is 9.69 Å². The SMILES string of the molecule is C[C@H]1CN(CCNC(=O)[C@H]2Cc3ccc(O)cc3CN2)CCN1c1cccc(O)c1. The lowest BCUT2D eigenvalue weighted by Crippen LogP contribution is -2.54. The highest BCUT2D eigenvalue weighted by atomic mass is 16.3. The van der Waals surface area contributed by atoms with Crippen molar-refractivity contribution in [2.75, 3.05) is 37.6 Å². The van der Waals surface area contributed by atoms with E-state index in [2.05, 4.69) is 27.4 Å². The van der Waals surface area contributed by atoms with Crippen LogP contribution in [0.15, 0.2) is 42.5 Å². The first-order valence-electron chi connectivity index (χ1n) is 10.6. The number of amides is 1. The van der Waals surface area contributed by atoms with Gasteiger partial charge in [-0.15, -0.1) is 0 Å². The van der Waals surface area contributed by atoms with Crippen LogP contribution in [0.1, 0.15) is 18.1 Å². The highest BCUT2D eigenvalue weighted by Crippen LogP contribution is 2.24. The predicted octanol–water partition coefficient (Wildman–Crippen LogP) is 1.44. The summed E-state index contributed by atoms with van der Waals surface area (Å²) in [5.74, 6) is 0.581. The van der Waals surface area contributed by atoms with Crippen molar-refractivity contribution in [2.24, 2.45) is 0 Å². The van der Waals surface area contributed by atoms with Crippen molar-refractivity contribution >= 4 is 11.6 Å². The molecule has 1 saturated heterocycles. The zero-order chi connectivity index (χ0) is 21.1. The number of phenolic OH excluding ortho intramolecular Hbond substituents is 2. The van der Waals surface area contributed by atoms with E-state index in [1.807, 2.05) is 24.3 Å². The molecule has 4 N–H and O–H groups in total. The lowest BCUT2D eigenvalue weighted by Gasteiger charge is -2.41. The van der Waals surface area contributed by atoms with Gasteiger partial charge in [0.25, 0.3) is 0 Å². The van der Waals surface area contributed by atoms with E-state index in [0.717, 1.165) is 43.0 Å². The summed E-state index contributed by atoms with van der Waals surface area (Å²) < 4.78 is 0. The van der Waals surface area contributed by atoms with Crippen LogP contribution in [-0.2, 0) is 17.8 Å². The Morgan fingerprint density at radius 3 is 2.77 bits per heavy atom. The fourth-order valence-corrected chi connectivity index (χ4v) is 4.44.